The van der Waals surface area contributed by atoms with E-state index in [4.69, 9.17) is 9.47 Å². The summed E-state index contributed by atoms with van der Waals surface area (Å²) < 4.78 is 11.5. The van der Waals surface area contributed by atoms with Crippen molar-refractivity contribution in [2.75, 3.05) is 0 Å². The molecule has 0 bridgehead atoms. The molecule has 1 heterocycles. The maximum atomic E-state index is 5.74. The molecule has 2 nitrogen and oxygen atoms in total. The molecule has 1 aliphatic heterocycles. The number of hydrogen-bond donors (Lipinski definition) is 0. The van der Waals surface area contributed by atoms with E-state index in [0.29, 0.717) is 5.92 Å². The second-order valence-corrected chi connectivity index (χ2v) is 4.84. The lowest BCUT2D eigenvalue weighted by Gasteiger charge is -2.12. The molecule has 2 heteroatoms. The molecule has 0 amide bonds. The SMILES string of the molecule is CC(C)c1ccc(C2O[C@H](C)[C@@H](C)O2)cc1. The maximum Gasteiger partial charge on any atom is 0.184 e. The Bertz CT molecular complexity index is 332. The van der Waals surface area contributed by atoms with Gasteiger partial charge >= 0.3 is 0 Å². The quantitative estimate of drug-likeness (QED) is 0.757. The molecular weight excluding hydrogens is 200 g/mol. The van der Waals surface area contributed by atoms with E-state index in [1.165, 1.54) is 5.56 Å². The van der Waals surface area contributed by atoms with E-state index in [1.54, 1.807) is 0 Å². The van der Waals surface area contributed by atoms with Crippen LogP contribution in [0.15, 0.2) is 24.3 Å². The summed E-state index contributed by atoms with van der Waals surface area (Å²) in [6.07, 6.45) is 0.163. The van der Waals surface area contributed by atoms with E-state index in [9.17, 15) is 0 Å². The normalized spacial score (nSPS) is 26.6. The molecule has 2 rings (SSSR count). The molecule has 0 aliphatic carbocycles. The fourth-order valence-electron chi connectivity index (χ4n) is 1.84. The van der Waals surface area contributed by atoms with Crippen LogP contribution in [0.3, 0.4) is 0 Å². The molecule has 1 aliphatic rings. The summed E-state index contributed by atoms with van der Waals surface area (Å²) in [6.45, 7) is 8.49. The minimum Gasteiger partial charge on any atom is -0.343 e. The zero-order valence-corrected chi connectivity index (χ0v) is 10.4. The van der Waals surface area contributed by atoms with Crippen LogP contribution in [0.25, 0.3) is 0 Å². The van der Waals surface area contributed by atoms with Crippen molar-refractivity contribution in [2.24, 2.45) is 0 Å². The molecule has 16 heavy (non-hydrogen) atoms. The molecule has 1 saturated heterocycles. The van der Waals surface area contributed by atoms with Crippen LogP contribution in [0.4, 0.5) is 0 Å². The van der Waals surface area contributed by atoms with Crippen LogP contribution in [0.5, 0.6) is 0 Å². The molecule has 1 aromatic carbocycles. The highest BCUT2D eigenvalue weighted by Crippen LogP contribution is 2.31. The molecule has 0 N–H and O–H groups in total. The predicted octanol–water partition coefficient (Wildman–Crippen LogP) is 3.63. The van der Waals surface area contributed by atoms with Crippen LogP contribution in [0, 0.1) is 0 Å². The lowest BCUT2D eigenvalue weighted by atomic mass is 10.0. The lowest BCUT2D eigenvalue weighted by molar-refractivity contribution is -0.0652. The van der Waals surface area contributed by atoms with Crippen LogP contribution in [-0.2, 0) is 9.47 Å². The largest absolute Gasteiger partial charge is 0.343 e. The van der Waals surface area contributed by atoms with Gasteiger partial charge in [-0.05, 0) is 25.3 Å². The Labute approximate surface area is 97.6 Å². The Morgan fingerprint density at radius 1 is 0.938 bits per heavy atom. The smallest absolute Gasteiger partial charge is 0.184 e. The standard InChI is InChI=1S/C14H20O2/c1-9(2)12-5-7-13(8-6-12)14-15-10(3)11(4)16-14/h5-11,14H,1-4H3/t10-,11-/m1/s1. The van der Waals surface area contributed by atoms with Gasteiger partial charge in [0.15, 0.2) is 6.29 Å². The van der Waals surface area contributed by atoms with E-state index in [-0.39, 0.29) is 18.5 Å². The highest BCUT2D eigenvalue weighted by atomic mass is 16.7. The predicted molar refractivity (Wildman–Crippen MR) is 64.4 cm³/mol. The van der Waals surface area contributed by atoms with Crippen molar-refractivity contribution < 1.29 is 9.47 Å². The lowest BCUT2D eigenvalue weighted by Crippen LogP contribution is -2.13. The van der Waals surface area contributed by atoms with Crippen molar-refractivity contribution in [3.05, 3.63) is 35.4 Å². The maximum absolute atomic E-state index is 5.74. The van der Waals surface area contributed by atoms with Gasteiger partial charge in [0.25, 0.3) is 0 Å². The fraction of sp³-hybridized carbons (Fsp3) is 0.571. The van der Waals surface area contributed by atoms with Crippen molar-refractivity contribution in [1.29, 1.82) is 0 Å². The molecule has 0 aromatic heterocycles. The van der Waals surface area contributed by atoms with Crippen molar-refractivity contribution in [2.45, 2.75) is 52.1 Å². The van der Waals surface area contributed by atoms with Gasteiger partial charge in [0, 0.05) is 5.56 Å². The second-order valence-electron chi connectivity index (χ2n) is 4.84. The van der Waals surface area contributed by atoms with Crippen LogP contribution in [0.1, 0.15) is 51.0 Å². The van der Waals surface area contributed by atoms with Crippen molar-refractivity contribution in [3.8, 4) is 0 Å². The summed E-state index contributed by atoms with van der Waals surface area (Å²) in [6, 6.07) is 8.51. The van der Waals surface area contributed by atoms with Crippen LogP contribution >= 0.6 is 0 Å². The summed E-state index contributed by atoms with van der Waals surface area (Å²) in [5.74, 6) is 0.567. The summed E-state index contributed by atoms with van der Waals surface area (Å²) in [5, 5.41) is 0. The van der Waals surface area contributed by atoms with Gasteiger partial charge in [0.05, 0.1) is 12.2 Å². The Morgan fingerprint density at radius 3 is 1.88 bits per heavy atom. The summed E-state index contributed by atoms with van der Waals surface area (Å²) in [4.78, 5) is 0. The van der Waals surface area contributed by atoms with Crippen LogP contribution in [-0.4, -0.2) is 12.2 Å². The molecule has 0 saturated carbocycles. The van der Waals surface area contributed by atoms with Gasteiger partial charge in [-0.2, -0.15) is 0 Å². The number of ether oxygens (including phenoxy) is 2. The molecule has 0 spiro atoms. The molecule has 0 radical (unpaired) electrons. The van der Waals surface area contributed by atoms with Crippen molar-refractivity contribution >= 4 is 0 Å². The molecular formula is C14H20O2. The Morgan fingerprint density at radius 2 is 1.44 bits per heavy atom. The highest BCUT2D eigenvalue weighted by molar-refractivity contribution is 5.25. The third-order valence-corrected chi connectivity index (χ3v) is 3.21. The van der Waals surface area contributed by atoms with Crippen molar-refractivity contribution in [1.82, 2.24) is 0 Å². The number of hydrogen-bond acceptors (Lipinski definition) is 2. The average molecular weight is 220 g/mol. The minimum absolute atomic E-state index is 0.176. The Balaban J connectivity index is 2.11. The van der Waals surface area contributed by atoms with E-state index >= 15 is 0 Å². The average Bonchev–Trinajstić information content (AvgIpc) is 2.59. The first-order valence-electron chi connectivity index (χ1n) is 5.98. The van der Waals surface area contributed by atoms with Crippen molar-refractivity contribution in [3.63, 3.8) is 0 Å². The minimum atomic E-state index is -0.189. The first kappa shape index (κ1) is 11.6. The van der Waals surface area contributed by atoms with Gasteiger partial charge in [0.2, 0.25) is 0 Å². The summed E-state index contributed by atoms with van der Waals surface area (Å²) in [5.41, 5.74) is 2.46. The first-order valence-corrected chi connectivity index (χ1v) is 5.98. The van der Waals surface area contributed by atoms with E-state index in [1.807, 2.05) is 13.8 Å². The van der Waals surface area contributed by atoms with Gasteiger partial charge in [-0.1, -0.05) is 38.1 Å². The van der Waals surface area contributed by atoms with Gasteiger partial charge in [-0.3, -0.25) is 0 Å². The van der Waals surface area contributed by atoms with E-state index < -0.39 is 0 Å². The summed E-state index contributed by atoms with van der Waals surface area (Å²) in [7, 11) is 0. The molecule has 1 fully saturated rings. The molecule has 1 aromatic rings. The van der Waals surface area contributed by atoms with E-state index in [2.05, 4.69) is 38.1 Å². The van der Waals surface area contributed by atoms with Gasteiger partial charge < -0.3 is 9.47 Å². The third-order valence-electron chi connectivity index (χ3n) is 3.21. The second kappa shape index (κ2) is 4.56. The zero-order valence-electron chi connectivity index (χ0n) is 10.4. The first-order chi connectivity index (χ1) is 7.58. The van der Waals surface area contributed by atoms with E-state index in [0.717, 1.165) is 5.56 Å². The molecule has 88 valence electrons. The summed E-state index contributed by atoms with van der Waals surface area (Å²) >= 11 is 0. The van der Waals surface area contributed by atoms with Gasteiger partial charge in [-0.25, -0.2) is 0 Å². The monoisotopic (exact) mass is 220 g/mol. The number of rotatable bonds is 2. The fourth-order valence-corrected chi connectivity index (χ4v) is 1.84. The van der Waals surface area contributed by atoms with Crippen LogP contribution < -0.4 is 0 Å². The van der Waals surface area contributed by atoms with Gasteiger partial charge in [0.1, 0.15) is 0 Å². The zero-order chi connectivity index (χ0) is 11.7. The van der Waals surface area contributed by atoms with Crippen LogP contribution in [0.2, 0.25) is 0 Å². The molecule has 0 unspecified atom stereocenters. The Hall–Kier alpha value is -0.860. The Kier molecular flexibility index (Phi) is 3.31. The topological polar surface area (TPSA) is 18.5 Å². The molecule has 2 atom stereocenters. The number of benzene rings is 1. The van der Waals surface area contributed by atoms with Gasteiger partial charge in [-0.15, -0.1) is 0 Å². The highest BCUT2D eigenvalue weighted by Gasteiger charge is 2.30. The third kappa shape index (κ3) is 2.28.